The van der Waals surface area contributed by atoms with Crippen molar-refractivity contribution in [1.29, 1.82) is 0 Å². The first kappa shape index (κ1) is 26.3. The minimum atomic E-state index is -4.70. The first-order valence-electron chi connectivity index (χ1n) is 10.1. The molecule has 2 amide bonds. The van der Waals surface area contributed by atoms with Gasteiger partial charge < -0.3 is 10.1 Å². The molecule has 0 saturated carbocycles. The van der Waals surface area contributed by atoms with Gasteiger partial charge in [0.2, 0.25) is 0 Å². The molecule has 0 spiro atoms. The smallest absolute Gasteiger partial charge is 0.417 e. The quantitative estimate of drug-likeness (QED) is 0.385. The fraction of sp³-hybridized carbons (Fsp3) is 0.318. The highest BCUT2D eigenvalue weighted by molar-refractivity contribution is 6.32. The first-order valence-corrected chi connectivity index (χ1v) is 10.4. The van der Waals surface area contributed by atoms with Crippen LogP contribution in [0.4, 0.5) is 36.8 Å². The lowest BCUT2D eigenvalue weighted by atomic mass is 9.82. The van der Waals surface area contributed by atoms with Crippen LogP contribution in [0.15, 0.2) is 47.6 Å². The molecule has 2 aromatic rings. The standard InChI is InChI=1S/C22H18ClF6N3O3/c1-3-35-18(33)20(2)11-32(19(34)30-14-7-5-13(6-8-14)21(24,25)26)31-17(20)12-4-9-15(16(23)10-12)22(27,28)29/h4-10H,3,11H2,1-2H3,(H,30,34). The zero-order chi connectivity index (χ0) is 26.2. The molecule has 6 nitrogen and oxygen atoms in total. The summed E-state index contributed by atoms with van der Waals surface area (Å²) in [4.78, 5) is 25.5. The van der Waals surface area contributed by atoms with Gasteiger partial charge in [0.15, 0.2) is 0 Å². The van der Waals surface area contributed by atoms with E-state index >= 15 is 0 Å². The van der Waals surface area contributed by atoms with Crippen molar-refractivity contribution in [3.8, 4) is 0 Å². The zero-order valence-corrected chi connectivity index (χ0v) is 19.0. The van der Waals surface area contributed by atoms with E-state index in [0.29, 0.717) is 0 Å². The van der Waals surface area contributed by atoms with Crippen LogP contribution in [-0.2, 0) is 21.9 Å². The van der Waals surface area contributed by atoms with E-state index in [1.54, 1.807) is 6.92 Å². The van der Waals surface area contributed by atoms with Gasteiger partial charge in [-0.05, 0) is 50.2 Å². The van der Waals surface area contributed by atoms with Crippen LogP contribution in [0, 0.1) is 5.41 Å². The molecule has 35 heavy (non-hydrogen) atoms. The van der Waals surface area contributed by atoms with Crippen molar-refractivity contribution >= 4 is 35.0 Å². The number of nitrogens with one attached hydrogen (secondary N) is 1. The summed E-state index contributed by atoms with van der Waals surface area (Å²) in [5.74, 6) is -0.778. The Morgan fingerprint density at radius 1 is 1.09 bits per heavy atom. The van der Waals surface area contributed by atoms with Crippen molar-refractivity contribution in [3.05, 3.63) is 64.2 Å². The van der Waals surface area contributed by atoms with E-state index in [-0.39, 0.29) is 30.1 Å². The molecule has 1 unspecified atom stereocenters. The fourth-order valence-electron chi connectivity index (χ4n) is 3.41. The predicted octanol–water partition coefficient (Wildman–Crippen LogP) is 6.20. The minimum Gasteiger partial charge on any atom is -0.465 e. The fourth-order valence-corrected chi connectivity index (χ4v) is 3.70. The van der Waals surface area contributed by atoms with Gasteiger partial charge in [-0.2, -0.15) is 31.4 Å². The average molecular weight is 522 g/mol. The molecule has 1 aliphatic heterocycles. The van der Waals surface area contributed by atoms with E-state index in [4.69, 9.17) is 16.3 Å². The number of nitrogens with zero attached hydrogens (tertiary/aromatic N) is 2. The summed E-state index contributed by atoms with van der Waals surface area (Å²) >= 11 is 5.81. The van der Waals surface area contributed by atoms with Crippen LogP contribution in [0.2, 0.25) is 5.02 Å². The molecule has 1 N–H and O–H groups in total. The molecular formula is C22H18ClF6N3O3. The van der Waals surface area contributed by atoms with Crippen molar-refractivity contribution in [1.82, 2.24) is 5.01 Å². The summed E-state index contributed by atoms with van der Waals surface area (Å²) in [5, 5.41) is 6.70. The lowest BCUT2D eigenvalue weighted by Crippen LogP contribution is -2.42. The summed E-state index contributed by atoms with van der Waals surface area (Å²) in [7, 11) is 0. The molecule has 188 valence electrons. The molecular weight excluding hydrogens is 504 g/mol. The van der Waals surface area contributed by atoms with Gasteiger partial charge in [-0.1, -0.05) is 17.7 Å². The topological polar surface area (TPSA) is 71.0 Å². The summed E-state index contributed by atoms with van der Waals surface area (Å²) < 4.78 is 82.6. The van der Waals surface area contributed by atoms with Gasteiger partial charge in [-0.15, -0.1) is 0 Å². The molecule has 3 rings (SSSR count). The van der Waals surface area contributed by atoms with Crippen molar-refractivity contribution in [2.45, 2.75) is 26.2 Å². The van der Waals surface area contributed by atoms with Crippen LogP contribution < -0.4 is 5.32 Å². The number of urea groups is 1. The van der Waals surface area contributed by atoms with Crippen LogP contribution >= 0.6 is 11.6 Å². The van der Waals surface area contributed by atoms with E-state index in [1.807, 2.05) is 0 Å². The number of benzene rings is 2. The van der Waals surface area contributed by atoms with Gasteiger partial charge in [-0.3, -0.25) is 4.79 Å². The highest BCUT2D eigenvalue weighted by atomic mass is 35.5. The maximum Gasteiger partial charge on any atom is 0.417 e. The molecule has 2 aromatic carbocycles. The number of esters is 1. The van der Waals surface area contributed by atoms with E-state index in [2.05, 4.69) is 10.4 Å². The Bertz CT molecular complexity index is 1160. The Balaban J connectivity index is 1.93. The monoisotopic (exact) mass is 521 g/mol. The molecule has 0 aliphatic carbocycles. The molecule has 0 fully saturated rings. The number of anilines is 1. The number of carbonyl (C=O) groups excluding carboxylic acids is 2. The predicted molar refractivity (Wildman–Crippen MR) is 115 cm³/mol. The Hall–Kier alpha value is -3.28. The summed E-state index contributed by atoms with van der Waals surface area (Å²) in [6, 6.07) is 5.55. The second-order valence-corrected chi connectivity index (χ2v) is 8.16. The first-order chi connectivity index (χ1) is 16.2. The maximum absolute atomic E-state index is 13.1. The Morgan fingerprint density at radius 2 is 1.71 bits per heavy atom. The van der Waals surface area contributed by atoms with Crippen molar-refractivity contribution in [2.24, 2.45) is 10.5 Å². The van der Waals surface area contributed by atoms with Crippen molar-refractivity contribution < 1.29 is 40.7 Å². The third kappa shape index (κ3) is 5.53. The number of alkyl halides is 6. The highest BCUT2D eigenvalue weighted by Gasteiger charge is 2.49. The number of amides is 2. The molecule has 1 atom stereocenters. The molecule has 1 aliphatic rings. The van der Waals surface area contributed by atoms with Crippen molar-refractivity contribution in [2.75, 3.05) is 18.5 Å². The summed E-state index contributed by atoms with van der Waals surface area (Å²) in [6.07, 6.45) is -9.26. The second-order valence-electron chi connectivity index (χ2n) is 7.76. The zero-order valence-electron chi connectivity index (χ0n) is 18.2. The summed E-state index contributed by atoms with van der Waals surface area (Å²) in [6.45, 7) is 2.61. The number of ether oxygens (including phenoxy) is 1. The molecule has 0 bridgehead atoms. The van der Waals surface area contributed by atoms with Crippen LogP contribution in [0.25, 0.3) is 0 Å². The van der Waals surface area contributed by atoms with Gasteiger partial charge in [0, 0.05) is 11.3 Å². The molecule has 1 heterocycles. The average Bonchev–Trinajstić information content (AvgIpc) is 3.12. The van der Waals surface area contributed by atoms with Crippen LogP contribution in [-0.4, -0.2) is 35.9 Å². The Labute approximate surface area is 200 Å². The summed E-state index contributed by atoms with van der Waals surface area (Å²) in [5.41, 5.74) is -3.53. The minimum absolute atomic E-state index is 0.00672. The van der Waals surface area contributed by atoms with E-state index in [0.717, 1.165) is 47.5 Å². The van der Waals surface area contributed by atoms with Crippen molar-refractivity contribution in [3.63, 3.8) is 0 Å². The number of hydrazone groups is 1. The van der Waals surface area contributed by atoms with Crippen LogP contribution in [0.5, 0.6) is 0 Å². The largest absolute Gasteiger partial charge is 0.465 e. The number of hydrogen-bond acceptors (Lipinski definition) is 4. The molecule has 0 aromatic heterocycles. The van der Waals surface area contributed by atoms with Gasteiger partial charge in [0.1, 0.15) is 5.41 Å². The van der Waals surface area contributed by atoms with Crippen LogP contribution in [0.3, 0.4) is 0 Å². The molecule has 0 radical (unpaired) electrons. The third-order valence-corrected chi connectivity index (χ3v) is 5.49. The number of carbonyl (C=O) groups is 2. The van der Waals surface area contributed by atoms with Gasteiger partial charge in [-0.25, -0.2) is 9.80 Å². The van der Waals surface area contributed by atoms with E-state index in [1.165, 1.54) is 6.92 Å². The Kier molecular flexibility index (Phi) is 7.07. The normalized spacial score (nSPS) is 18.3. The van der Waals surface area contributed by atoms with Gasteiger partial charge in [0.25, 0.3) is 0 Å². The van der Waals surface area contributed by atoms with Crippen LogP contribution in [0.1, 0.15) is 30.5 Å². The number of halogens is 7. The molecule has 0 saturated heterocycles. The lowest BCUT2D eigenvalue weighted by molar-refractivity contribution is -0.150. The van der Waals surface area contributed by atoms with E-state index in [9.17, 15) is 35.9 Å². The van der Waals surface area contributed by atoms with E-state index < -0.39 is 45.9 Å². The maximum atomic E-state index is 13.1. The molecule has 13 heteroatoms. The lowest BCUT2D eigenvalue weighted by Gasteiger charge is -2.24. The van der Waals surface area contributed by atoms with Gasteiger partial charge in [0.05, 0.1) is 35.0 Å². The highest BCUT2D eigenvalue weighted by Crippen LogP contribution is 2.38. The SMILES string of the molecule is CCOC(=O)C1(C)CN(C(=O)Nc2ccc(C(F)(F)F)cc2)N=C1c1ccc(C(F)(F)F)c(Cl)c1. The second kappa shape index (κ2) is 9.40. The number of rotatable bonds is 4. The number of hydrogen-bond donors (Lipinski definition) is 1. The van der Waals surface area contributed by atoms with Gasteiger partial charge >= 0.3 is 24.4 Å². The third-order valence-electron chi connectivity index (χ3n) is 5.18. The Morgan fingerprint density at radius 3 is 2.23 bits per heavy atom.